The molecule has 0 bridgehead atoms. The smallest absolute Gasteiger partial charge is 0.0453 e. The minimum Gasteiger partial charge on any atom is -0.325 e. The fraction of sp³-hybridized carbons (Fsp3) is 0.538. The van der Waals surface area contributed by atoms with Crippen LogP contribution < -0.4 is 5.73 Å². The van der Waals surface area contributed by atoms with Gasteiger partial charge in [-0.1, -0.05) is 49.5 Å². The van der Waals surface area contributed by atoms with Crippen LogP contribution in [-0.2, 0) is 6.42 Å². The lowest BCUT2D eigenvalue weighted by Gasteiger charge is -2.31. The van der Waals surface area contributed by atoms with Crippen molar-refractivity contribution < 1.29 is 0 Å². The Bertz CT molecular complexity index is 361. The van der Waals surface area contributed by atoms with Gasteiger partial charge in [0.05, 0.1) is 0 Å². The molecule has 0 saturated heterocycles. The first-order chi connectivity index (χ1) is 7.36. The van der Waals surface area contributed by atoms with Crippen molar-refractivity contribution in [2.45, 2.75) is 39.2 Å². The molecular formula is C13H19Cl2N. The van der Waals surface area contributed by atoms with Crippen molar-refractivity contribution in [2.75, 3.05) is 0 Å². The summed E-state index contributed by atoms with van der Waals surface area (Å²) in [5.41, 5.74) is 7.15. The monoisotopic (exact) mass is 259 g/mol. The summed E-state index contributed by atoms with van der Waals surface area (Å²) in [5, 5.41) is 1.36. The second-order valence-corrected chi connectivity index (χ2v) is 5.57. The van der Waals surface area contributed by atoms with Crippen LogP contribution in [0.25, 0.3) is 0 Å². The van der Waals surface area contributed by atoms with Gasteiger partial charge in [0.25, 0.3) is 0 Å². The summed E-state index contributed by atoms with van der Waals surface area (Å²) in [7, 11) is 0. The minimum absolute atomic E-state index is 0.230. The average Bonchev–Trinajstić information content (AvgIpc) is 2.21. The van der Waals surface area contributed by atoms with Crippen LogP contribution in [0.2, 0.25) is 10.0 Å². The summed E-state index contributed by atoms with van der Waals surface area (Å²) in [5.74, 6) is 0.458. The summed E-state index contributed by atoms with van der Waals surface area (Å²) in [6.45, 7) is 6.40. The molecular weight excluding hydrogens is 241 g/mol. The first kappa shape index (κ1) is 13.8. The minimum atomic E-state index is -0.230. The van der Waals surface area contributed by atoms with E-state index in [-0.39, 0.29) is 5.54 Å². The molecule has 0 fully saturated rings. The van der Waals surface area contributed by atoms with E-state index in [1.807, 2.05) is 12.1 Å². The summed E-state index contributed by atoms with van der Waals surface area (Å²) in [4.78, 5) is 0. The number of benzene rings is 1. The van der Waals surface area contributed by atoms with Crippen LogP contribution in [0, 0.1) is 5.92 Å². The van der Waals surface area contributed by atoms with Crippen LogP contribution >= 0.6 is 23.2 Å². The molecule has 2 unspecified atom stereocenters. The molecule has 0 spiro atoms. The molecule has 2 N–H and O–H groups in total. The van der Waals surface area contributed by atoms with Gasteiger partial charge in [0.1, 0.15) is 0 Å². The van der Waals surface area contributed by atoms with Crippen molar-refractivity contribution in [1.29, 1.82) is 0 Å². The number of hydrogen-bond donors (Lipinski definition) is 1. The third-order valence-electron chi connectivity index (χ3n) is 3.32. The molecule has 0 aromatic heterocycles. The maximum atomic E-state index is 6.32. The van der Waals surface area contributed by atoms with Gasteiger partial charge in [-0.25, -0.2) is 0 Å². The Balaban J connectivity index is 2.87. The summed E-state index contributed by atoms with van der Waals surface area (Å²) in [6.07, 6.45) is 1.84. The van der Waals surface area contributed by atoms with E-state index in [1.165, 1.54) is 0 Å². The first-order valence-corrected chi connectivity index (χ1v) is 6.35. The zero-order valence-corrected chi connectivity index (χ0v) is 11.6. The maximum absolute atomic E-state index is 6.32. The molecule has 90 valence electrons. The van der Waals surface area contributed by atoms with E-state index < -0.39 is 0 Å². The van der Waals surface area contributed by atoms with Gasteiger partial charge in [-0.2, -0.15) is 0 Å². The van der Waals surface area contributed by atoms with Crippen molar-refractivity contribution in [3.63, 3.8) is 0 Å². The highest BCUT2D eigenvalue weighted by Crippen LogP contribution is 2.27. The Kier molecular flexibility index (Phi) is 4.66. The molecule has 0 aliphatic heterocycles. The van der Waals surface area contributed by atoms with E-state index in [1.54, 1.807) is 6.07 Å². The lowest BCUT2D eigenvalue weighted by Crippen LogP contribution is -2.44. The SMILES string of the molecule is CCC(C)C(C)(N)Cc1ccc(Cl)cc1Cl. The molecule has 1 aromatic rings. The maximum Gasteiger partial charge on any atom is 0.0453 e. The summed E-state index contributed by atoms with van der Waals surface area (Å²) >= 11 is 12.0. The van der Waals surface area contributed by atoms with Gasteiger partial charge < -0.3 is 5.73 Å². The fourth-order valence-corrected chi connectivity index (χ4v) is 2.19. The summed E-state index contributed by atoms with van der Waals surface area (Å²) < 4.78 is 0. The Morgan fingerprint density at radius 3 is 2.50 bits per heavy atom. The standard InChI is InChI=1S/C13H19Cl2N/c1-4-9(2)13(3,16)8-10-5-6-11(14)7-12(10)15/h5-7,9H,4,8,16H2,1-3H3. The Labute approximate surface area is 108 Å². The van der Waals surface area contributed by atoms with Crippen LogP contribution in [0.5, 0.6) is 0 Å². The molecule has 16 heavy (non-hydrogen) atoms. The van der Waals surface area contributed by atoms with E-state index >= 15 is 0 Å². The highest BCUT2D eigenvalue weighted by Gasteiger charge is 2.26. The average molecular weight is 260 g/mol. The van der Waals surface area contributed by atoms with E-state index in [9.17, 15) is 0 Å². The molecule has 0 amide bonds. The Morgan fingerprint density at radius 2 is 2.00 bits per heavy atom. The van der Waals surface area contributed by atoms with E-state index in [2.05, 4.69) is 20.8 Å². The van der Waals surface area contributed by atoms with Gasteiger partial charge in [0, 0.05) is 15.6 Å². The molecule has 0 aliphatic carbocycles. The Hall–Kier alpha value is -0.240. The third kappa shape index (κ3) is 3.38. The molecule has 0 aliphatic rings. The number of rotatable bonds is 4. The van der Waals surface area contributed by atoms with E-state index in [0.717, 1.165) is 18.4 Å². The van der Waals surface area contributed by atoms with Crippen molar-refractivity contribution >= 4 is 23.2 Å². The highest BCUT2D eigenvalue weighted by molar-refractivity contribution is 6.35. The fourth-order valence-electron chi connectivity index (χ4n) is 1.72. The number of halogens is 2. The predicted octanol–water partition coefficient (Wildman–Crippen LogP) is 4.30. The topological polar surface area (TPSA) is 26.0 Å². The van der Waals surface area contributed by atoms with Crippen molar-refractivity contribution in [3.05, 3.63) is 33.8 Å². The molecule has 0 heterocycles. The predicted molar refractivity (Wildman–Crippen MR) is 72.2 cm³/mol. The molecule has 0 saturated carbocycles. The van der Waals surface area contributed by atoms with Crippen molar-refractivity contribution in [3.8, 4) is 0 Å². The van der Waals surface area contributed by atoms with Crippen LogP contribution in [0.3, 0.4) is 0 Å². The van der Waals surface area contributed by atoms with Gasteiger partial charge in [0.15, 0.2) is 0 Å². The molecule has 0 radical (unpaired) electrons. The molecule has 1 nitrogen and oxygen atoms in total. The Morgan fingerprint density at radius 1 is 1.38 bits per heavy atom. The zero-order chi connectivity index (χ0) is 12.3. The van der Waals surface area contributed by atoms with E-state index in [4.69, 9.17) is 28.9 Å². The van der Waals surface area contributed by atoms with Crippen molar-refractivity contribution in [2.24, 2.45) is 11.7 Å². The highest BCUT2D eigenvalue weighted by atomic mass is 35.5. The van der Waals surface area contributed by atoms with E-state index in [0.29, 0.717) is 16.0 Å². The van der Waals surface area contributed by atoms with Gasteiger partial charge in [-0.05, 0) is 37.0 Å². The van der Waals surface area contributed by atoms with Crippen LogP contribution in [0.4, 0.5) is 0 Å². The second-order valence-electron chi connectivity index (χ2n) is 4.73. The van der Waals surface area contributed by atoms with Gasteiger partial charge >= 0.3 is 0 Å². The lowest BCUT2D eigenvalue weighted by atomic mass is 9.81. The van der Waals surface area contributed by atoms with Gasteiger partial charge in [-0.15, -0.1) is 0 Å². The molecule has 1 rings (SSSR count). The number of hydrogen-bond acceptors (Lipinski definition) is 1. The lowest BCUT2D eigenvalue weighted by molar-refractivity contribution is 0.306. The van der Waals surface area contributed by atoms with Gasteiger partial charge in [-0.3, -0.25) is 0 Å². The largest absolute Gasteiger partial charge is 0.325 e. The quantitative estimate of drug-likeness (QED) is 0.858. The third-order valence-corrected chi connectivity index (χ3v) is 3.91. The zero-order valence-electron chi connectivity index (χ0n) is 10.1. The van der Waals surface area contributed by atoms with Crippen LogP contribution in [0.1, 0.15) is 32.8 Å². The summed E-state index contributed by atoms with van der Waals surface area (Å²) in [6, 6.07) is 5.58. The number of nitrogens with two attached hydrogens (primary N) is 1. The molecule has 3 heteroatoms. The van der Waals surface area contributed by atoms with Crippen LogP contribution in [0.15, 0.2) is 18.2 Å². The molecule has 2 atom stereocenters. The van der Waals surface area contributed by atoms with Crippen LogP contribution in [-0.4, -0.2) is 5.54 Å². The first-order valence-electron chi connectivity index (χ1n) is 5.59. The van der Waals surface area contributed by atoms with Gasteiger partial charge in [0.2, 0.25) is 0 Å². The second kappa shape index (κ2) is 5.39. The van der Waals surface area contributed by atoms with Crippen molar-refractivity contribution in [1.82, 2.24) is 0 Å². The normalized spacial score (nSPS) is 16.9. The molecule has 1 aromatic carbocycles.